The van der Waals surface area contributed by atoms with Crippen molar-refractivity contribution in [3.8, 4) is 0 Å². The van der Waals surface area contributed by atoms with Gasteiger partial charge in [-0.25, -0.2) is 0 Å². The van der Waals surface area contributed by atoms with Gasteiger partial charge in [0.25, 0.3) is 0 Å². The van der Waals surface area contributed by atoms with E-state index in [0.717, 1.165) is 29.1 Å². The zero-order valence-corrected chi connectivity index (χ0v) is 8.22. The normalized spacial score (nSPS) is 62.2. The molecule has 0 nitrogen and oxygen atoms in total. The van der Waals surface area contributed by atoms with Gasteiger partial charge in [0.2, 0.25) is 0 Å². The van der Waals surface area contributed by atoms with Crippen molar-refractivity contribution >= 4 is 0 Å². The molecule has 1 spiro atoms. The predicted octanol–water partition coefficient (Wildman–Crippen LogP) is 3.32. The molecule has 0 aromatic carbocycles. The molecule has 64 valence electrons. The van der Waals surface area contributed by atoms with E-state index in [1.807, 2.05) is 0 Å². The molecular weight excluding hydrogens is 132 g/mol. The summed E-state index contributed by atoms with van der Waals surface area (Å²) in [6, 6.07) is 0. The lowest BCUT2D eigenvalue weighted by Crippen LogP contribution is -2.15. The monoisotopic (exact) mass is 152 g/mol. The first-order chi connectivity index (χ1) is 5.09. The van der Waals surface area contributed by atoms with Gasteiger partial charge in [0, 0.05) is 0 Å². The van der Waals surface area contributed by atoms with Crippen LogP contribution in [-0.2, 0) is 0 Å². The first kappa shape index (κ1) is 7.64. The first-order valence-electron chi connectivity index (χ1n) is 5.09. The van der Waals surface area contributed by atoms with Crippen LogP contribution in [0, 0.1) is 29.1 Å². The summed E-state index contributed by atoms with van der Waals surface area (Å²) in [6.07, 6.45) is 2.99. The van der Waals surface area contributed by atoms with Crippen molar-refractivity contribution in [2.75, 3.05) is 0 Å². The second-order valence-electron chi connectivity index (χ2n) is 5.12. The summed E-state index contributed by atoms with van der Waals surface area (Å²) in [4.78, 5) is 0. The Balaban J connectivity index is 2.21. The van der Waals surface area contributed by atoms with Crippen molar-refractivity contribution in [2.24, 2.45) is 29.1 Å². The number of hydrogen-bond donors (Lipinski definition) is 0. The standard InChI is InChI=1S/C11H20/c1-7-5-8(2)11(10(7)4)6-9(11)3/h7-10H,5-6H2,1-4H3/t7-,8+,9?,10-,11?/m0/s1. The van der Waals surface area contributed by atoms with Gasteiger partial charge in [-0.15, -0.1) is 0 Å². The molecule has 0 N–H and O–H groups in total. The molecule has 0 heteroatoms. The summed E-state index contributed by atoms with van der Waals surface area (Å²) in [5, 5.41) is 0. The molecular formula is C11H20. The second-order valence-corrected chi connectivity index (χ2v) is 5.12. The fourth-order valence-corrected chi connectivity index (χ4v) is 3.75. The molecule has 0 aromatic rings. The van der Waals surface area contributed by atoms with Gasteiger partial charge in [-0.3, -0.25) is 0 Å². The van der Waals surface area contributed by atoms with Crippen LogP contribution in [0.1, 0.15) is 40.5 Å². The van der Waals surface area contributed by atoms with Crippen molar-refractivity contribution in [1.82, 2.24) is 0 Å². The average Bonchev–Trinajstić information content (AvgIpc) is 2.56. The SMILES string of the molecule is CC1CC12[C@H](C)C[C@H](C)[C@@H]2C. The topological polar surface area (TPSA) is 0 Å². The molecule has 0 radical (unpaired) electrons. The summed E-state index contributed by atoms with van der Waals surface area (Å²) < 4.78 is 0. The third-order valence-corrected chi connectivity index (χ3v) is 4.76. The molecule has 0 aliphatic heterocycles. The lowest BCUT2D eigenvalue weighted by molar-refractivity contribution is 0.272. The quantitative estimate of drug-likeness (QED) is 0.499. The highest BCUT2D eigenvalue weighted by Gasteiger charge is 2.62. The van der Waals surface area contributed by atoms with E-state index in [2.05, 4.69) is 27.7 Å². The van der Waals surface area contributed by atoms with E-state index in [1.54, 1.807) is 0 Å². The Bertz CT molecular complexity index is 173. The molecule has 0 saturated heterocycles. The highest BCUT2D eigenvalue weighted by atomic mass is 14.7. The zero-order chi connectivity index (χ0) is 8.22. The van der Waals surface area contributed by atoms with Crippen molar-refractivity contribution in [2.45, 2.75) is 40.5 Å². The zero-order valence-electron chi connectivity index (χ0n) is 8.22. The maximum Gasteiger partial charge on any atom is -0.0215 e. The van der Waals surface area contributed by atoms with Crippen LogP contribution < -0.4 is 0 Å². The van der Waals surface area contributed by atoms with Gasteiger partial charge in [0.1, 0.15) is 0 Å². The maximum absolute atomic E-state index is 2.47. The summed E-state index contributed by atoms with van der Waals surface area (Å²) in [5.74, 6) is 4.00. The van der Waals surface area contributed by atoms with Gasteiger partial charge < -0.3 is 0 Å². The smallest absolute Gasteiger partial charge is 0.0215 e. The molecule has 2 rings (SSSR count). The van der Waals surface area contributed by atoms with Crippen molar-refractivity contribution < 1.29 is 0 Å². The maximum atomic E-state index is 2.47. The van der Waals surface area contributed by atoms with Crippen LogP contribution in [0.2, 0.25) is 0 Å². The lowest BCUT2D eigenvalue weighted by Gasteiger charge is -2.20. The molecule has 0 heterocycles. The van der Waals surface area contributed by atoms with Crippen LogP contribution >= 0.6 is 0 Å². The van der Waals surface area contributed by atoms with Gasteiger partial charge in [-0.2, -0.15) is 0 Å². The fourth-order valence-electron chi connectivity index (χ4n) is 3.75. The van der Waals surface area contributed by atoms with E-state index in [0.29, 0.717) is 0 Å². The summed E-state index contributed by atoms with van der Waals surface area (Å²) >= 11 is 0. The second kappa shape index (κ2) is 2.02. The third-order valence-electron chi connectivity index (χ3n) is 4.76. The van der Waals surface area contributed by atoms with Crippen molar-refractivity contribution in [3.05, 3.63) is 0 Å². The van der Waals surface area contributed by atoms with E-state index in [1.165, 1.54) is 12.8 Å². The predicted molar refractivity (Wildman–Crippen MR) is 48.3 cm³/mol. The molecule has 2 unspecified atom stereocenters. The fraction of sp³-hybridized carbons (Fsp3) is 1.00. The molecule has 2 saturated carbocycles. The minimum atomic E-state index is 0.791. The van der Waals surface area contributed by atoms with Crippen LogP contribution in [0.3, 0.4) is 0 Å². The van der Waals surface area contributed by atoms with Crippen molar-refractivity contribution in [1.29, 1.82) is 0 Å². The lowest BCUT2D eigenvalue weighted by atomic mass is 9.84. The Labute approximate surface area is 70.4 Å². The summed E-state index contributed by atoms with van der Waals surface area (Å²) in [7, 11) is 0. The molecule has 2 aliphatic rings. The Morgan fingerprint density at radius 3 is 1.73 bits per heavy atom. The Morgan fingerprint density at radius 2 is 1.55 bits per heavy atom. The highest BCUT2D eigenvalue weighted by Crippen LogP contribution is 2.69. The Morgan fingerprint density at radius 1 is 1.00 bits per heavy atom. The molecule has 5 atom stereocenters. The van der Waals surface area contributed by atoms with Crippen LogP contribution in [0.25, 0.3) is 0 Å². The Hall–Kier alpha value is 0. The molecule has 0 aromatic heterocycles. The van der Waals surface area contributed by atoms with Gasteiger partial charge >= 0.3 is 0 Å². The van der Waals surface area contributed by atoms with Gasteiger partial charge in [0.05, 0.1) is 0 Å². The van der Waals surface area contributed by atoms with Crippen LogP contribution in [0.4, 0.5) is 0 Å². The van der Waals surface area contributed by atoms with Crippen LogP contribution in [0.5, 0.6) is 0 Å². The van der Waals surface area contributed by atoms with Gasteiger partial charge in [-0.05, 0) is 41.9 Å². The van der Waals surface area contributed by atoms with E-state index in [4.69, 9.17) is 0 Å². The largest absolute Gasteiger partial charge is 0.0622 e. The minimum absolute atomic E-state index is 0.791. The van der Waals surface area contributed by atoms with E-state index >= 15 is 0 Å². The van der Waals surface area contributed by atoms with Crippen LogP contribution in [0.15, 0.2) is 0 Å². The molecule has 0 bridgehead atoms. The van der Waals surface area contributed by atoms with E-state index < -0.39 is 0 Å². The molecule has 11 heavy (non-hydrogen) atoms. The van der Waals surface area contributed by atoms with Gasteiger partial charge in [0.15, 0.2) is 0 Å². The average molecular weight is 152 g/mol. The highest BCUT2D eigenvalue weighted by molar-refractivity contribution is 5.10. The van der Waals surface area contributed by atoms with E-state index in [9.17, 15) is 0 Å². The first-order valence-corrected chi connectivity index (χ1v) is 5.09. The Kier molecular flexibility index (Phi) is 1.41. The van der Waals surface area contributed by atoms with Gasteiger partial charge in [-0.1, -0.05) is 27.7 Å². The van der Waals surface area contributed by atoms with Crippen LogP contribution in [-0.4, -0.2) is 0 Å². The van der Waals surface area contributed by atoms with Crippen molar-refractivity contribution in [3.63, 3.8) is 0 Å². The third kappa shape index (κ3) is 0.761. The molecule has 2 aliphatic carbocycles. The summed E-state index contributed by atoms with van der Waals surface area (Å²) in [6.45, 7) is 9.80. The molecule has 2 fully saturated rings. The molecule has 0 amide bonds. The minimum Gasteiger partial charge on any atom is -0.0622 e. The number of hydrogen-bond acceptors (Lipinski definition) is 0. The summed E-state index contributed by atoms with van der Waals surface area (Å²) in [5.41, 5.74) is 0.791. The van der Waals surface area contributed by atoms with E-state index in [-0.39, 0.29) is 0 Å². The number of rotatable bonds is 0.